The summed E-state index contributed by atoms with van der Waals surface area (Å²) in [4.78, 5) is 18.4. The summed E-state index contributed by atoms with van der Waals surface area (Å²) in [6.45, 7) is 3.13. The van der Waals surface area contributed by atoms with E-state index in [1.54, 1.807) is 6.20 Å². The Morgan fingerprint density at radius 1 is 1.00 bits per heavy atom. The molecule has 2 heterocycles. The van der Waals surface area contributed by atoms with E-state index in [4.69, 9.17) is 4.74 Å². The van der Waals surface area contributed by atoms with Crippen LogP contribution in [0.2, 0.25) is 0 Å². The molecule has 1 aliphatic heterocycles. The predicted molar refractivity (Wildman–Crippen MR) is 86.4 cm³/mol. The van der Waals surface area contributed by atoms with E-state index in [9.17, 15) is 4.79 Å². The Labute approximate surface area is 129 Å². The monoisotopic (exact) mass is 298 g/mol. The predicted octanol–water partition coefficient (Wildman–Crippen LogP) is 2.56. The molecule has 22 heavy (non-hydrogen) atoms. The van der Waals surface area contributed by atoms with Crippen LogP contribution in [0.3, 0.4) is 0 Å². The van der Waals surface area contributed by atoms with Gasteiger partial charge in [-0.3, -0.25) is 0 Å². The topological polar surface area (TPSA) is 66.5 Å². The van der Waals surface area contributed by atoms with E-state index in [-0.39, 0.29) is 6.03 Å². The summed E-state index contributed by atoms with van der Waals surface area (Å²) < 4.78 is 5.32. The Kier molecular flexibility index (Phi) is 4.50. The number of anilines is 3. The molecule has 0 aliphatic carbocycles. The molecule has 114 valence electrons. The molecule has 0 saturated carbocycles. The van der Waals surface area contributed by atoms with Crippen LogP contribution in [0, 0.1) is 0 Å². The molecule has 3 rings (SSSR count). The van der Waals surface area contributed by atoms with Gasteiger partial charge in [0, 0.05) is 18.8 Å². The van der Waals surface area contributed by atoms with Crippen LogP contribution in [0.4, 0.5) is 22.0 Å². The maximum Gasteiger partial charge on any atom is 0.323 e. The Morgan fingerprint density at radius 2 is 1.73 bits per heavy atom. The summed E-state index contributed by atoms with van der Waals surface area (Å²) in [5.74, 6) is 0.900. The fourth-order valence-electron chi connectivity index (χ4n) is 2.25. The van der Waals surface area contributed by atoms with Crippen molar-refractivity contribution in [1.29, 1.82) is 0 Å². The third-order valence-corrected chi connectivity index (χ3v) is 3.37. The number of carbonyl (C=O) groups is 1. The lowest BCUT2D eigenvalue weighted by Crippen LogP contribution is -2.36. The molecule has 2 amide bonds. The molecule has 2 aromatic rings. The zero-order valence-electron chi connectivity index (χ0n) is 12.2. The number of hydrogen-bond donors (Lipinski definition) is 2. The normalized spacial score (nSPS) is 14.5. The second-order valence-electron chi connectivity index (χ2n) is 4.95. The van der Waals surface area contributed by atoms with Gasteiger partial charge in [0.15, 0.2) is 0 Å². The van der Waals surface area contributed by atoms with Crippen molar-refractivity contribution in [3.8, 4) is 0 Å². The van der Waals surface area contributed by atoms with Gasteiger partial charge in [-0.1, -0.05) is 18.2 Å². The van der Waals surface area contributed by atoms with E-state index in [2.05, 4.69) is 20.5 Å². The molecular weight excluding hydrogens is 280 g/mol. The average molecular weight is 298 g/mol. The molecule has 0 unspecified atom stereocenters. The van der Waals surface area contributed by atoms with Crippen LogP contribution in [0.5, 0.6) is 0 Å². The summed E-state index contributed by atoms with van der Waals surface area (Å²) in [5, 5.41) is 5.53. The van der Waals surface area contributed by atoms with Crippen molar-refractivity contribution >= 4 is 23.2 Å². The van der Waals surface area contributed by atoms with Crippen molar-refractivity contribution < 1.29 is 9.53 Å². The van der Waals surface area contributed by atoms with Gasteiger partial charge in [-0.05, 0) is 24.3 Å². The number of para-hydroxylation sites is 1. The number of hydrogen-bond acceptors (Lipinski definition) is 4. The molecule has 6 heteroatoms. The fourth-order valence-corrected chi connectivity index (χ4v) is 2.25. The van der Waals surface area contributed by atoms with Gasteiger partial charge in [0.25, 0.3) is 0 Å². The summed E-state index contributed by atoms with van der Waals surface area (Å²) in [6, 6.07) is 12.8. The summed E-state index contributed by atoms with van der Waals surface area (Å²) in [6.07, 6.45) is 1.66. The maximum atomic E-state index is 11.9. The highest BCUT2D eigenvalue weighted by atomic mass is 16.5. The van der Waals surface area contributed by atoms with Crippen LogP contribution in [0.15, 0.2) is 48.7 Å². The lowest BCUT2D eigenvalue weighted by molar-refractivity contribution is 0.122. The Morgan fingerprint density at radius 3 is 2.41 bits per heavy atom. The maximum absolute atomic E-state index is 11.9. The first kappa shape index (κ1) is 14.3. The van der Waals surface area contributed by atoms with Crippen molar-refractivity contribution in [2.75, 3.05) is 41.8 Å². The van der Waals surface area contributed by atoms with Gasteiger partial charge in [-0.15, -0.1) is 0 Å². The Bertz CT molecular complexity index is 610. The van der Waals surface area contributed by atoms with E-state index < -0.39 is 0 Å². The number of morpholine rings is 1. The number of ether oxygens (including phenoxy) is 1. The van der Waals surface area contributed by atoms with Gasteiger partial charge in [-0.2, -0.15) is 0 Å². The number of nitrogens with one attached hydrogen (secondary N) is 2. The lowest BCUT2D eigenvalue weighted by atomic mass is 10.3. The van der Waals surface area contributed by atoms with E-state index in [0.29, 0.717) is 5.69 Å². The van der Waals surface area contributed by atoms with Gasteiger partial charge in [0.1, 0.15) is 5.82 Å². The highest BCUT2D eigenvalue weighted by Gasteiger charge is 2.12. The van der Waals surface area contributed by atoms with Crippen LogP contribution in [-0.4, -0.2) is 37.3 Å². The summed E-state index contributed by atoms with van der Waals surface area (Å²) >= 11 is 0. The summed E-state index contributed by atoms with van der Waals surface area (Å²) in [5.41, 5.74) is 1.41. The minimum Gasteiger partial charge on any atom is -0.378 e. The van der Waals surface area contributed by atoms with Crippen molar-refractivity contribution in [3.63, 3.8) is 0 Å². The van der Waals surface area contributed by atoms with Gasteiger partial charge < -0.3 is 20.3 Å². The lowest BCUT2D eigenvalue weighted by Gasteiger charge is -2.27. The molecule has 0 radical (unpaired) electrons. The minimum absolute atomic E-state index is 0.285. The van der Waals surface area contributed by atoms with Crippen LogP contribution in [0.25, 0.3) is 0 Å². The first-order valence-corrected chi connectivity index (χ1v) is 7.23. The Hall–Kier alpha value is -2.60. The molecule has 2 N–H and O–H groups in total. The number of urea groups is 1. The zero-order chi connectivity index (χ0) is 15.2. The minimum atomic E-state index is -0.285. The molecule has 0 bridgehead atoms. The fraction of sp³-hybridized carbons (Fsp3) is 0.250. The van der Waals surface area contributed by atoms with E-state index >= 15 is 0 Å². The van der Waals surface area contributed by atoms with E-state index in [1.807, 2.05) is 42.5 Å². The average Bonchev–Trinajstić information content (AvgIpc) is 2.57. The molecule has 1 fully saturated rings. The number of amides is 2. The third-order valence-electron chi connectivity index (χ3n) is 3.37. The number of aromatic nitrogens is 1. The largest absolute Gasteiger partial charge is 0.378 e. The molecule has 1 aromatic carbocycles. The van der Waals surface area contributed by atoms with Crippen molar-refractivity contribution in [1.82, 2.24) is 4.98 Å². The highest BCUT2D eigenvalue weighted by molar-refractivity contribution is 5.99. The molecule has 6 nitrogen and oxygen atoms in total. The van der Waals surface area contributed by atoms with Crippen LogP contribution >= 0.6 is 0 Å². The standard InChI is InChI=1S/C16H18N4O2/c21-16(18-13-4-2-1-3-5-13)19-14-6-7-15(17-12-14)20-8-10-22-11-9-20/h1-7,12H,8-11H2,(H2,18,19,21). The first-order chi connectivity index (χ1) is 10.8. The zero-order valence-corrected chi connectivity index (χ0v) is 12.2. The third kappa shape index (κ3) is 3.73. The van der Waals surface area contributed by atoms with Crippen LogP contribution < -0.4 is 15.5 Å². The van der Waals surface area contributed by atoms with E-state index in [1.165, 1.54) is 0 Å². The molecule has 1 saturated heterocycles. The van der Waals surface area contributed by atoms with Crippen molar-refractivity contribution in [2.45, 2.75) is 0 Å². The first-order valence-electron chi connectivity index (χ1n) is 7.23. The number of pyridine rings is 1. The van der Waals surface area contributed by atoms with Crippen molar-refractivity contribution in [2.24, 2.45) is 0 Å². The van der Waals surface area contributed by atoms with Gasteiger partial charge in [0.05, 0.1) is 25.1 Å². The number of rotatable bonds is 3. The SMILES string of the molecule is O=C(Nc1ccccc1)Nc1ccc(N2CCOCC2)nc1. The highest BCUT2D eigenvalue weighted by Crippen LogP contribution is 2.15. The van der Waals surface area contributed by atoms with Crippen molar-refractivity contribution in [3.05, 3.63) is 48.7 Å². The second kappa shape index (κ2) is 6.91. The van der Waals surface area contributed by atoms with Gasteiger partial charge in [0.2, 0.25) is 0 Å². The molecular formula is C16H18N4O2. The molecule has 1 aromatic heterocycles. The molecule has 0 spiro atoms. The second-order valence-corrected chi connectivity index (χ2v) is 4.95. The number of carbonyl (C=O) groups excluding carboxylic acids is 1. The number of nitrogens with zero attached hydrogens (tertiary/aromatic N) is 2. The van der Waals surface area contributed by atoms with Gasteiger partial charge >= 0.3 is 6.03 Å². The van der Waals surface area contributed by atoms with Crippen LogP contribution in [0.1, 0.15) is 0 Å². The molecule has 1 aliphatic rings. The van der Waals surface area contributed by atoms with E-state index in [0.717, 1.165) is 37.8 Å². The Balaban J connectivity index is 1.57. The summed E-state index contributed by atoms with van der Waals surface area (Å²) in [7, 11) is 0. The quantitative estimate of drug-likeness (QED) is 0.914. The number of benzene rings is 1. The van der Waals surface area contributed by atoms with Crippen LogP contribution in [-0.2, 0) is 4.74 Å². The van der Waals surface area contributed by atoms with Gasteiger partial charge in [-0.25, -0.2) is 9.78 Å². The molecule has 0 atom stereocenters. The smallest absolute Gasteiger partial charge is 0.323 e.